The highest BCUT2D eigenvalue weighted by atomic mass is 35.5. The molecule has 1 heterocycles. The van der Waals surface area contributed by atoms with Crippen molar-refractivity contribution < 1.29 is 13.2 Å². The van der Waals surface area contributed by atoms with Crippen molar-refractivity contribution in [2.24, 2.45) is 0 Å². The van der Waals surface area contributed by atoms with Gasteiger partial charge in [0.2, 0.25) is 15.9 Å². The van der Waals surface area contributed by atoms with Gasteiger partial charge >= 0.3 is 0 Å². The van der Waals surface area contributed by atoms with Crippen LogP contribution < -0.4 is 10.0 Å². The molecule has 8 nitrogen and oxygen atoms in total. The summed E-state index contributed by atoms with van der Waals surface area (Å²) in [4.78, 5) is 11.3. The molecule has 1 aromatic heterocycles. The van der Waals surface area contributed by atoms with Crippen molar-refractivity contribution >= 4 is 45.0 Å². The zero-order chi connectivity index (χ0) is 23.3. The summed E-state index contributed by atoms with van der Waals surface area (Å²) >= 11 is 7.36. The Kier molecular flexibility index (Phi) is 7.94. The highest BCUT2D eigenvalue weighted by Crippen LogP contribution is 2.25. The van der Waals surface area contributed by atoms with Crippen LogP contribution in [0.2, 0.25) is 5.02 Å². The van der Waals surface area contributed by atoms with Gasteiger partial charge in [-0.05, 0) is 55.8 Å². The quantitative estimate of drug-likeness (QED) is 0.432. The molecular weight excluding hydrogens is 470 g/mol. The van der Waals surface area contributed by atoms with Crippen LogP contribution >= 0.6 is 23.4 Å². The molecule has 0 unspecified atom stereocenters. The van der Waals surface area contributed by atoms with E-state index in [1.807, 2.05) is 35.8 Å². The first-order valence-electron chi connectivity index (χ1n) is 9.90. The van der Waals surface area contributed by atoms with Crippen molar-refractivity contribution in [2.75, 3.05) is 5.32 Å². The first kappa shape index (κ1) is 24.2. The number of carbonyl (C=O) groups is 1. The number of halogens is 1. The molecule has 170 valence electrons. The van der Waals surface area contributed by atoms with E-state index in [2.05, 4.69) is 20.2 Å². The molecule has 1 atom stereocenters. The number of benzene rings is 2. The van der Waals surface area contributed by atoms with E-state index in [1.165, 1.54) is 43.0 Å². The minimum atomic E-state index is -3.73. The highest BCUT2D eigenvalue weighted by molar-refractivity contribution is 7.98. The number of anilines is 1. The molecule has 1 amide bonds. The number of sulfonamides is 1. The maximum atomic E-state index is 12.7. The molecule has 3 rings (SSSR count). The summed E-state index contributed by atoms with van der Waals surface area (Å²) in [6.07, 6.45) is 0. The molecule has 0 radical (unpaired) electrons. The van der Waals surface area contributed by atoms with Crippen LogP contribution in [0.1, 0.15) is 38.2 Å². The third-order valence-electron chi connectivity index (χ3n) is 4.55. The summed E-state index contributed by atoms with van der Waals surface area (Å²) in [6, 6.07) is 13.0. The number of hydrogen-bond donors (Lipinski definition) is 2. The summed E-state index contributed by atoms with van der Waals surface area (Å²) in [7, 11) is -3.73. The lowest BCUT2D eigenvalue weighted by Gasteiger charge is -2.15. The summed E-state index contributed by atoms with van der Waals surface area (Å²) in [5, 5.41) is 12.4. The van der Waals surface area contributed by atoms with Crippen LogP contribution in [-0.4, -0.2) is 29.1 Å². The normalized spacial score (nSPS) is 12.5. The van der Waals surface area contributed by atoms with E-state index >= 15 is 0 Å². The Labute approximate surface area is 196 Å². The average molecular weight is 494 g/mol. The first-order valence-corrected chi connectivity index (χ1v) is 12.7. The molecule has 0 bridgehead atoms. The van der Waals surface area contributed by atoms with Gasteiger partial charge in [0.1, 0.15) is 0 Å². The molecule has 11 heteroatoms. The second-order valence-electron chi connectivity index (χ2n) is 7.05. The van der Waals surface area contributed by atoms with Gasteiger partial charge in [0.25, 0.3) is 0 Å². The SMILES string of the molecule is CCn1c(SCc2ccc(NC(C)=O)cc2)nnc1[C@@H](C)NS(=O)(=O)c1ccc(Cl)cc1. The predicted octanol–water partition coefficient (Wildman–Crippen LogP) is 4.24. The van der Waals surface area contributed by atoms with Crippen LogP contribution in [-0.2, 0) is 27.1 Å². The van der Waals surface area contributed by atoms with E-state index in [4.69, 9.17) is 11.6 Å². The molecule has 32 heavy (non-hydrogen) atoms. The molecule has 2 aromatic carbocycles. The third kappa shape index (κ3) is 6.10. The Hall–Kier alpha value is -2.40. The molecule has 0 fully saturated rings. The lowest BCUT2D eigenvalue weighted by atomic mass is 10.2. The van der Waals surface area contributed by atoms with Crippen LogP contribution in [0.25, 0.3) is 0 Å². The van der Waals surface area contributed by atoms with E-state index in [0.29, 0.717) is 28.3 Å². The molecule has 0 aliphatic rings. The molecule has 0 saturated carbocycles. The van der Waals surface area contributed by atoms with Gasteiger partial charge in [-0.1, -0.05) is 35.5 Å². The Morgan fingerprint density at radius 3 is 2.38 bits per heavy atom. The van der Waals surface area contributed by atoms with Gasteiger partial charge in [-0.2, -0.15) is 0 Å². The number of carbonyl (C=O) groups excluding carboxylic acids is 1. The van der Waals surface area contributed by atoms with Crippen molar-refractivity contribution in [1.82, 2.24) is 19.5 Å². The molecule has 2 N–H and O–H groups in total. The average Bonchev–Trinajstić information content (AvgIpc) is 3.16. The van der Waals surface area contributed by atoms with Crippen LogP contribution in [0.5, 0.6) is 0 Å². The number of thioether (sulfide) groups is 1. The first-order chi connectivity index (χ1) is 15.2. The Bertz CT molecular complexity index is 1180. The smallest absolute Gasteiger partial charge is 0.241 e. The second kappa shape index (κ2) is 10.5. The fourth-order valence-corrected chi connectivity index (χ4v) is 5.32. The van der Waals surface area contributed by atoms with Gasteiger partial charge < -0.3 is 9.88 Å². The maximum Gasteiger partial charge on any atom is 0.241 e. The van der Waals surface area contributed by atoms with Crippen LogP contribution in [0.15, 0.2) is 58.6 Å². The molecule has 0 aliphatic carbocycles. The monoisotopic (exact) mass is 493 g/mol. The van der Waals surface area contributed by atoms with E-state index in [0.717, 1.165) is 11.3 Å². The van der Waals surface area contributed by atoms with Crippen molar-refractivity contribution in [1.29, 1.82) is 0 Å². The highest BCUT2D eigenvalue weighted by Gasteiger charge is 2.23. The fourth-order valence-electron chi connectivity index (χ4n) is 3.03. The molecule has 3 aromatic rings. The maximum absolute atomic E-state index is 12.7. The van der Waals surface area contributed by atoms with Crippen molar-refractivity contribution in [3.05, 3.63) is 64.9 Å². The number of nitrogens with one attached hydrogen (secondary N) is 2. The topological polar surface area (TPSA) is 106 Å². The van der Waals surface area contributed by atoms with Gasteiger partial charge in [-0.15, -0.1) is 10.2 Å². The van der Waals surface area contributed by atoms with E-state index in [1.54, 1.807) is 6.92 Å². The summed E-state index contributed by atoms with van der Waals surface area (Å²) in [5.41, 5.74) is 1.81. The summed E-state index contributed by atoms with van der Waals surface area (Å²) in [5.74, 6) is 1.08. The van der Waals surface area contributed by atoms with E-state index in [-0.39, 0.29) is 10.8 Å². The van der Waals surface area contributed by atoms with Crippen molar-refractivity contribution in [3.63, 3.8) is 0 Å². The third-order valence-corrected chi connectivity index (χ3v) is 7.39. The Morgan fingerprint density at radius 2 is 1.78 bits per heavy atom. The van der Waals surface area contributed by atoms with Gasteiger partial charge in [0, 0.05) is 29.9 Å². The Morgan fingerprint density at radius 1 is 1.12 bits per heavy atom. The predicted molar refractivity (Wildman–Crippen MR) is 126 cm³/mol. The number of amides is 1. The standard InChI is InChI=1S/C21H24ClN5O3S2/c1-4-27-20(14(2)26-32(29,30)19-11-7-17(22)8-12-19)24-25-21(27)31-13-16-5-9-18(10-6-16)23-15(3)28/h5-12,14,26H,4,13H2,1-3H3,(H,23,28)/t14-/m1/s1. The van der Waals surface area contributed by atoms with Crippen LogP contribution in [0.4, 0.5) is 5.69 Å². The largest absolute Gasteiger partial charge is 0.326 e. The van der Waals surface area contributed by atoms with Crippen molar-refractivity contribution in [3.8, 4) is 0 Å². The zero-order valence-corrected chi connectivity index (χ0v) is 20.3. The fraction of sp³-hybridized carbons (Fsp3) is 0.286. The van der Waals surface area contributed by atoms with Crippen LogP contribution in [0.3, 0.4) is 0 Å². The van der Waals surface area contributed by atoms with E-state index < -0.39 is 16.1 Å². The van der Waals surface area contributed by atoms with Gasteiger partial charge in [0.05, 0.1) is 10.9 Å². The van der Waals surface area contributed by atoms with Gasteiger partial charge in [0.15, 0.2) is 11.0 Å². The zero-order valence-electron chi connectivity index (χ0n) is 17.9. The number of nitrogens with zero attached hydrogens (tertiary/aromatic N) is 3. The van der Waals surface area contributed by atoms with Gasteiger partial charge in [-0.3, -0.25) is 4.79 Å². The molecular formula is C21H24ClN5O3S2. The van der Waals surface area contributed by atoms with Gasteiger partial charge in [-0.25, -0.2) is 13.1 Å². The summed E-state index contributed by atoms with van der Waals surface area (Å²) < 4.78 is 29.9. The number of hydrogen-bond acceptors (Lipinski definition) is 6. The lowest BCUT2D eigenvalue weighted by Crippen LogP contribution is -2.29. The Balaban J connectivity index is 1.69. The van der Waals surface area contributed by atoms with Crippen molar-refractivity contribution in [2.45, 2.75) is 49.2 Å². The lowest BCUT2D eigenvalue weighted by molar-refractivity contribution is -0.114. The molecule has 0 saturated heterocycles. The minimum absolute atomic E-state index is 0.114. The number of rotatable bonds is 9. The second-order valence-corrected chi connectivity index (χ2v) is 10.1. The minimum Gasteiger partial charge on any atom is -0.326 e. The molecule has 0 spiro atoms. The number of aromatic nitrogens is 3. The van der Waals surface area contributed by atoms with E-state index in [9.17, 15) is 13.2 Å². The molecule has 0 aliphatic heterocycles. The summed E-state index contributed by atoms with van der Waals surface area (Å²) in [6.45, 7) is 5.76. The van der Waals surface area contributed by atoms with Crippen LogP contribution in [0, 0.1) is 0 Å².